The summed E-state index contributed by atoms with van der Waals surface area (Å²) in [6.07, 6.45) is 1.61. The summed E-state index contributed by atoms with van der Waals surface area (Å²) in [6.45, 7) is 0. The highest BCUT2D eigenvalue weighted by Crippen LogP contribution is 2.36. The highest BCUT2D eigenvalue weighted by Gasteiger charge is 2.11. The van der Waals surface area contributed by atoms with Crippen LogP contribution in [0.15, 0.2) is 52.2 Å². The Morgan fingerprint density at radius 2 is 1.78 bits per heavy atom. The molecule has 0 atom stereocenters. The number of thioether (sulfide) groups is 1. The normalized spacial score (nSPS) is 10.7. The van der Waals surface area contributed by atoms with Crippen LogP contribution in [-0.4, -0.2) is 24.2 Å². The first-order valence-corrected chi connectivity index (χ1v) is 8.73. The zero-order chi connectivity index (χ0) is 16.2. The van der Waals surface area contributed by atoms with Crippen molar-refractivity contribution < 1.29 is 9.47 Å². The van der Waals surface area contributed by atoms with Gasteiger partial charge >= 0.3 is 0 Å². The monoisotopic (exact) mass is 390 g/mol. The first-order chi connectivity index (χ1) is 11.2. The molecule has 118 valence electrons. The molecule has 0 aliphatic heterocycles. The smallest absolute Gasteiger partial charge is 0.161 e. The molecule has 0 saturated carbocycles. The molecule has 0 radical (unpaired) electrons. The summed E-state index contributed by atoms with van der Waals surface area (Å²) in [7, 11) is 3.27. The number of hydrogen-bond donors (Lipinski definition) is 0. The molecule has 0 saturated heterocycles. The van der Waals surface area contributed by atoms with Crippen LogP contribution in [0.3, 0.4) is 0 Å². The van der Waals surface area contributed by atoms with Gasteiger partial charge in [0.15, 0.2) is 11.5 Å². The van der Waals surface area contributed by atoms with Gasteiger partial charge in [-0.25, -0.2) is 9.97 Å². The van der Waals surface area contributed by atoms with E-state index in [1.807, 2.05) is 36.4 Å². The average Bonchev–Trinajstić information content (AvgIpc) is 2.60. The summed E-state index contributed by atoms with van der Waals surface area (Å²) < 4.78 is 11.7. The minimum absolute atomic E-state index is 0.709. The molecule has 6 heteroatoms. The van der Waals surface area contributed by atoms with E-state index in [-0.39, 0.29) is 0 Å². The number of hydrogen-bond acceptors (Lipinski definition) is 5. The lowest BCUT2D eigenvalue weighted by Gasteiger charge is -2.12. The van der Waals surface area contributed by atoms with Gasteiger partial charge in [-0.15, -0.1) is 11.8 Å². The van der Waals surface area contributed by atoms with Crippen LogP contribution in [0.1, 0.15) is 5.56 Å². The van der Waals surface area contributed by atoms with Gasteiger partial charge < -0.3 is 9.47 Å². The van der Waals surface area contributed by atoms with Crippen molar-refractivity contribution in [2.24, 2.45) is 0 Å². The fourth-order valence-electron chi connectivity index (χ4n) is 2.25. The Bertz CT molecular complexity index is 837. The summed E-state index contributed by atoms with van der Waals surface area (Å²) in [5.74, 6) is 2.20. The van der Waals surface area contributed by atoms with E-state index in [0.29, 0.717) is 5.75 Å². The molecule has 0 aliphatic rings. The molecule has 1 heterocycles. The fourth-order valence-corrected chi connectivity index (χ4v) is 3.88. The first-order valence-electron chi connectivity index (χ1n) is 6.96. The number of methoxy groups -OCH3 is 2. The highest BCUT2D eigenvalue weighted by molar-refractivity contribution is 9.10. The predicted octanol–water partition coefficient (Wildman–Crippen LogP) is 4.70. The zero-order valence-electron chi connectivity index (χ0n) is 12.7. The number of ether oxygens (including phenoxy) is 2. The van der Waals surface area contributed by atoms with E-state index in [9.17, 15) is 0 Å². The van der Waals surface area contributed by atoms with Crippen molar-refractivity contribution >= 4 is 38.6 Å². The van der Waals surface area contributed by atoms with Crippen LogP contribution in [0.25, 0.3) is 10.9 Å². The van der Waals surface area contributed by atoms with Crippen molar-refractivity contribution in [2.75, 3.05) is 14.2 Å². The number of fused-ring (bicyclic) bond motifs is 1. The number of nitrogens with zero attached hydrogens (tertiary/aromatic N) is 2. The molecule has 0 amide bonds. The standard InChI is InChI=1S/C17H15BrN2O2S/c1-21-15-7-11(13(18)8-16(15)22-2)9-23-17-12-5-3-4-6-14(12)19-10-20-17/h3-8,10H,9H2,1-2H3. The Labute approximate surface area is 147 Å². The van der Waals surface area contributed by atoms with Crippen LogP contribution in [0, 0.1) is 0 Å². The van der Waals surface area contributed by atoms with Crippen molar-refractivity contribution in [3.63, 3.8) is 0 Å². The molecule has 23 heavy (non-hydrogen) atoms. The topological polar surface area (TPSA) is 44.2 Å². The van der Waals surface area contributed by atoms with Crippen LogP contribution >= 0.6 is 27.7 Å². The number of rotatable bonds is 5. The van der Waals surface area contributed by atoms with Crippen molar-refractivity contribution in [1.82, 2.24) is 9.97 Å². The van der Waals surface area contributed by atoms with Gasteiger partial charge in [0.1, 0.15) is 11.4 Å². The zero-order valence-corrected chi connectivity index (χ0v) is 15.1. The van der Waals surface area contributed by atoms with Gasteiger partial charge in [-0.05, 0) is 23.8 Å². The molecule has 3 aromatic rings. The minimum atomic E-state index is 0.709. The average molecular weight is 391 g/mol. The van der Waals surface area contributed by atoms with Crippen LogP contribution in [0.4, 0.5) is 0 Å². The molecular formula is C17H15BrN2O2S. The van der Waals surface area contributed by atoms with E-state index in [0.717, 1.165) is 37.5 Å². The second-order valence-corrected chi connectivity index (χ2v) is 6.60. The molecule has 2 aromatic carbocycles. The Kier molecular flexibility index (Phi) is 5.03. The molecular weight excluding hydrogens is 376 g/mol. The molecule has 4 nitrogen and oxygen atoms in total. The first kappa shape index (κ1) is 16.1. The summed E-state index contributed by atoms with van der Waals surface area (Å²) in [6, 6.07) is 11.9. The maximum absolute atomic E-state index is 5.37. The van der Waals surface area contributed by atoms with Crippen molar-refractivity contribution in [3.05, 3.63) is 52.8 Å². The third-order valence-corrected chi connectivity index (χ3v) is 5.22. The molecule has 1 aromatic heterocycles. The largest absolute Gasteiger partial charge is 0.493 e. The van der Waals surface area contributed by atoms with Gasteiger partial charge in [-0.3, -0.25) is 0 Å². The molecule has 0 bridgehead atoms. The lowest BCUT2D eigenvalue weighted by Crippen LogP contribution is -1.94. The molecule has 0 N–H and O–H groups in total. The maximum Gasteiger partial charge on any atom is 0.161 e. The second kappa shape index (κ2) is 7.19. The molecule has 0 aliphatic carbocycles. The van der Waals surface area contributed by atoms with Gasteiger partial charge in [0, 0.05) is 15.6 Å². The van der Waals surface area contributed by atoms with E-state index < -0.39 is 0 Å². The van der Waals surface area contributed by atoms with Crippen LogP contribution in [0.5, 0.6) is 11.5 Å². The highest BCUT2D eigenvalue weighted by atomic mass is 79.9. The third-order valence-electron chi connectivity index (χ3n) is 3.42. The van der Waals surface area contributed by atoms with Crippen molar-refractivity contribution in [2.45, 2.75) is 10.8 Å². The maximum atomic E-state index is 5.37. The number of halogens is 1. The summed E-state index contributed by atoms with van der Waals surface area (Å²) in [4.78, 5) is 8.70. The Morgan fingerprint density at radius 3 is 2.57 bits per heavy atom. The van der Waals surface area contributed by atoms with Crippen LogP contribution in [0.2, 0.25) is 0 Å². The number of aromatic nitrogens is 2. The van der Waals surface area contributed by atoms with E-state index >= 15 is 0 Å². The summed E-state index contributed by atoms with van der Waals surface area (Å²) in [5.41, 5.74) is 2.08. The van der Waals surface area contributed by atoms with Gasteiger partial charge in [-0.2, -0.15) is 0 Å². The van der Waals surface area contributed by atoms with Crippen molar-refractivity contribution in [3.8, 4) is 11.5 Å². The van der Waals surface area contributed by atoms with Crippen molar-refractivity contribution in [1.29, 1.82) is 0 Å². The van der Waals surface area contributed by atoms with E-state index in [1.165, 1.54) is 0 Å². The second-order valence-electron chi connectivity index (χ2n) is 4.78. The fraction of sp³-hybridized carbons (Fsp3) is 0.176. The number of para-hydroxylation sites is 1. The van der Waals surface area contributed by atoms with Gasteiger partial charge in [0.25, 0.3) is 0 Å². The van der Waals surface area contributed by atoms with E-state index in [1.54, 1.807) is 32.3 Å². The van der Waals surface area contributed by atoms with Gasteiger partial charge in [0.2, 0.25) is 0 Å². The van der Waals surface area contributed by atoms with Crippen LogP contribution in [-0.2, 0) is 5.75 Å². The van der Waals surface area contributed by atoms with Gasteiger partial charge in [0.05, 0.1) is 19.7 Å². The third kappa shape index (κ3) is 3.43. The van der Waals surface area contributed by atoms with E-state index in [4.69, 9.17) is 9.47 Å². The molecule has 0 spiro atoms. The van der Waals surface area contributed by atoms with Gasteiger partial charge in [-0.1, -0.05) is 34.1 Å². The molecule has 3 rings (SSSR count). The lowest BCUT2D eigenvalue weighted by molar-refractivity contribution is 0.354. The summed E-state index contributed by atoms with van der Waals surface area (Å²) >= 11 is 5.27. The SMILES string of the molecule is COc1cc(Br)c(CSc2ncnc3ccccc23)cc1OC. The molecule has 0 unspecified atom stereocenters. The molecule has 0 fully saturated rings. The van der Waals surface area contributed by atoms with Crippen LogP contribution < -0.4 is 9.47 Å². The lowest BCUT2D eigenvalue weighted by atomic mass is 10.2. The summed E-state index contributed by atoms with van der Waals surface area (Å²) in [5, 5.41) is 2.04. The minimum Gasteiger partial charge on any atom is -0.493 e. The van der Waals surface area contributed by atoms with E-state index in [2.05, 4.69) is 25.9 Å². The quantitative estimate of drug-likeness (QED) is 0.466. The Morgan fingerprint density at radius 1 is 1.04 bits per heavy atom. The predicted molar refractivity (Wildman–Crippen MR) is 96.3 cm³/mol. The number of benzene rings is 2. The Balaban J connectivity index is 1.88. The Hall–Kier alpha value is -1.79.